The van der Waals surface area contributed by atoms with E-state index in [4.69, 9.17) is 9.47 Å². The lowest BCUT2D eigenvalue weighted by Gasteiger charge is -2.15. The smallest absolute Gasteiger partial charge is 0.269 e. The van der Waals surface area contributed by atoms with Crippen LogP contribution in [0.1, 0.15) is 17.5 Å². The molecule has 0 saturated carbocycles. The van der Waals surface area contributed by atoms with Crippen LogP contribution in [0, 0.1) is 10.1 Å². The molecular weight excluding hydrogens is 360 g/mol. The van der Waals surface area contributed by atoms with Crippen LogP contribution in [0.4, 0.5) is 5.69 Å². The summed E-state index contributed by atoms with van der Waals surface area (Å²) in [6, 6.07) is 12.0. The average molecular weight is 382 g/mol. The molecule has 7 heteroatoms. The molecule has 0 N–H and O–H groups in total. The van der Waals surface area contributed by atoms with Gasteiger partial charge in [0, 0.05) is 31.6 Å². The summed E-state index contributed by atoms with van der Waals surface area (Å²) in [5.74, 6) is 1.59. The number of ether oxygens (including phenoxy) is 2. The van der Waals surface area contributed by atoms with Gasteiger partial charge in [0.15, 0.2) is 17.3 Å². The Hall–Kier alpha value is -3.19. The maximum atomic E-state index is 12.0. The minimum Gasteiger partial charge on any atom is -0.454 e. The molecule has 0 amide bonds. The molecule has 0 radical (unpaired) electrons. The molecule has 1 aliphatic rings. The molecule has 3 rings (SSSR count). The lowest BCUT2D eigenvalue weighted by Crippen LogP contribution is -2.24. The molecule has 146 valence electrons. The number of nitrogens with zero attached hydrogens (tertiary/aromatic N) is 2. The molecule has 0 bridgehead atoms. The lowest BCUT2D eigenvalue weighted by molar-refractivity contribution is -0.384. The van der Waals surface area contributed by atoms with Gasteiger partial charge in [0.2, 0.25) is 6.79 Å². The quantitative estimate of drug-likeness (QED) is 0.375. The van der Waals surface area contributed by atoms with Gasteiger partial charge < -0.3 is 14.4 Å². The molecule has 0 fully saturated rings. The lowest BCUT2D eigenvalue weighted by atomic mass is 10.1. The maximum Gasteiger partial charge on any atom is 0.269 e. The van der Waals surface area contributed by atoms with E-state index < -0.39 is 4.92 Å². The highest BCUT2D eigenvalue weighted by Gasteiger charge is 2.13. The van der Waals surface area contributed by atoms with E-state index >= 15 is 0 Å². The van der Waals surface area contributed by atoms with Crippen LogP contribution >= 0.6 is 0 Å². The van der Waals surface area contributed by atoms with Gasteiger partial charge in [-0.2, -0.15) is 0 Å². The molecule has 0 saturated heterocycles. The Morgan fingerprint density at radius 3 is 2.64 bits per heavy atom. The van der Waals surface area contributed by atoms with Gasteiger partial charge in [0.05, 0.1) is 4.92 Å². The van der Waals surface area contributed by atoms with Crippen molar-refractivity contribution in [1.29, 1.82) is 0 Å². The van der Waals surface area contributed by atoms with E-state index in [1.165, 1.54) is 23.8 Å². The summed E-state index contributed by atoms with van der Waals surface area (Å²) in [6.45, 7) is 1.77. The Kier molecular flexibility index (Phi) is 6.39. The standard InChI is InChI=1S/C21H22N2O5/c1-22(12-10-17-5-9-20-21(14-17)28-15-27-20)13-11-19(24)8-4-16-2-6-18(7-3-16)23(25)26/h2-9,14H,10-13,15H2,1H3/b8-4+. The fourth-order valence-corrected chi connectivity index (χ4v) is 2.81. The molecule has 0 unspecified atom stereocenters. The third-order valence-electron chi connectivity index (χ3n) is 4.52. The molecular formula is C21H22N2O5. The fourth-order valence-electron chi connectivity index (χ4n) is 2.81. The molecule has 0 atom stereocenters. The highest BCUT2D eigenvalue weighted by atomic mass is 16.7. The number of carbonyl (C=O) groups excluding carboxylic acids is 1. The molecule has 1 aliphatic heterocycles. The van der Waals surface area contributed by atoms with Gasteiger partial charge in [-0.15, -0.1) is 0 Å². The van der Waals surface area contributed by atoms with E-state index in [0.29, 0.717) is 13.0 Å². The first-order valence-electron chi connectivity index (χ1n) is 9.04. The van der Waals surface area contributed by atoms with E-state index in [9.17, 15) is 14.9 Å². The van der Waals surface area contributed by atoms with Crippen LogP contribution in [-0.2, 0) is 11.2 Å². The predicted molar refractivity (Wildman–Crippen MR) is 106 cm³/mol. The van der Waals surface area contributed by atoms with Crippen molar-refractivity contribution >= 4 is 17.5 Å². The van der Waals surface area contributed by atoms with Crippen molar-refractivity contribution in [3.05, 3.63) is 69.8 Å². The summed E-state index contributed by atoms with van der Waals surface area (Å²) in [6.07, 6.45) is 4.48. The van der Waals surface area contributed by atoms with Crippen LogP contribution in [0.5, 0.6) is 11.5 Å². The average Bonchev–Trinajstić information content (AvgIpc) is 3.17. The summed E-state index contributed by atoms with van der Waals surface area (Å²) in [5.41, 5.74) is 1.96. The van der Waals surface area contributed by atoms with Gasteiger partial charge >= 0.3 is 0 Å². The van der Waals surface area contributed by atoms with Crippen molar-refractivity contribution in [2.45, 2.75) is 12.8 Å². The molecule has 2 aromatic rings. The summed E-state index contributed by atoms with van der Waals surface area (Å²) in [5, 5.41) is 10.6. The van der Waals surface area contributed by atoms with E-state index in [1.807, 2.05) is 25.2 Å². The number of rotatable bonds is 9. The van der Waals surface area contributed by atoms with Crippen molar-refractivity contribution < 1.29 is 19.2 Å². The summed E-state index contributed by atoms with van der Waals surface area (Å²) in [4.78, 5) is 24.4. The van der Waals surface area contributed by atoms with Gasteiger partial charge in [0.1, 0.15) is 0 Å². The highest BCUT2D eigenvalue weighted by molar-refractivity contribution is 5.93. The Balaban J connectivity index is 1.40. The number of allylic oxidation sites excluding steroid dienone is 1. The molecule has 28 heavy (non-hydrogen) atoms. The SMILES string of the molecule is CN(CCC(=O)/C=C/c1ccc([N+](=O)[O-])cc1)CCc1ccc2c(c1)OCO2. The van der Waals surface area contributed by atoms with Crippen molar-refractivity contribution in [1.82, 2.24) is 4.90 Å². The molecule has 0 spiro atoms. The first-order valence-corrected chi connectivity index (χ1v) is 9.04. The Bertz CT molecular complexity index is 877. The van der Waals surface area contributed by atoms with Crippen LogP contribution in [0.15, 0.2) is 48.5 Å². The number of hydrogen-bond acceptors (Lipinski definition) is 6. The first kappa shape index (κ1) is 19.6. The first-order chi connectivity index (χ1) is 13.5. The van der Waals surface area contributed by atoms with Crippen LogP contribution in [0.3, 0.4) is 0 Å². The monoisotopic (exact) mass is 382 g/mol. The van der Waals surface area contributed by atoms with Gasteiger partial charge in [0.25, 0.3) is 5.69 Å². The molecule has 2 aromatic carbocycles. The van der Waals surface area contributed by atoms with Crippen LogP contribution < -0.4 is 9.47 Å². The third kappa shape index (κ3) is 5.40. The van der Waals surface area contributed by atoms with Crippen molar-refractivity contribution in [2.75, 3.05) is 26.9 Å². The third-order valence-corrected chi connectivity index (χ3v) is 4.52. The second kappa shape index (κ2) is 9.14. The largest absolute Gasteiger partial charge is 0.454 e. The van der Waals surface area contributed by atoms with E-state index in [-0.39, 0.29) is 18.3 Å². The minimum atomic E-state index is -0.446. The Morgan fingerprint density at radius 1 is 1.14 bits per heavy atom. The van der Waals surface area contributed by atoms with Gasteiger partial charge in [-0.1, -0.05) is 12.1 Å². The Morgan fingerprint density at radius 2 is 1.89 bits per heavy atom. The zero-order valence-electron chi connectivity index (χ0n) is 15.7. The Labute approximate surface area is 163 Å². The summed E-state index contributed by atoms with van der Waals surface area (Å²) in [7, 11) is 1.99. The number of fused-ring (bicyclic) bond motifs is 1. The molecule has 0 aliphatic carbocycles. The van der Waals surface area contributed by atoms with E-state index in [1.54, 1.807) is 18.2 Å². The van der Waals surface area contributed by atoms with Crippen LogP contribution in [0.25, 0.3) is 6.08 Å². The number of likely N-dealkylation sites (N-methyl/N-ethyl adjacent to an activating group) is 1. The fraction of sp³-hybridized carbons (Fsp3) is 0.286. The normalized spacial score (nSPS) is 12.6. The summed E-state index contributed by atoms with van der Waals surface area (Å²) < 4.78 is 10.7. The summed E-state index contributed by atoms with van der Waals surface area (Å²) >= 11 is 0. The van der Waals surface area contributed by atoms with Gasteiger partial charge in [-0.3, -0.25) is 14.9 Å². The second-order valence-corrected chi connectivity index (χ2v) is 6.64. The number of hydrogen-bond donors (Lipinski definition) is 0. The van der Waals surface area contributed by atoms with Crippen molar-refractivity contribution in [3.63, 3.8) is 0 Å². The highest BCUT2D eigenvalue weighted by Crippen LogP contribution is 2.32. The number of non-ortho nitro benzene ring substituents is 1. The van der Waals surface area contributed by atoms with Crippen LogP contribution in [0.2, 0.25) is 0 Å². The second-order valence-electron chi connectivity index (χ2n) is 6.64. The zero-order valence-corrected chi connectivity index (χ0v) is 15.7. The minimum absolute atomic E-state index is 0.0216. The predicted octanol–water partition coefficient (Wildman–Crippen LogP) is 3.47. The van der Waals surface area contributed by atoms with E-state index in [2.05, 4.69) is 4.90 Å². The number of nitro groups is 1. The number of benzene rings is 2. The molecule has 0 aromatic heterocycles. The van der Waals surface area contributed by atoms with Gasteiger partial charge in [-0.25, -0.2) is 0 Å². The number of carbonyl (C=O) groups is 1. The number of nitro benzene ring substituents is 1. The van der Waals surface area contributed by atoms with E-state index in [0.717, 1.165) is 30.0 Å². The van der Waals surface area contributed by atoms with Gasteiger partial charge in [-0.05, 0) is 54.9 Å². The molecule has 7 nitrogen and oxygen atoms in total. The van der Waals surface area contributed by atoms with Crippen molar-refractivity contribution in [3.8, 4) is 11.5 Å². The zero-order chi connectivity index (χ0) is 19.9. The van der Waals surface area contributed by atoms with Crippen molar-refractivity contribution in [2.24, 2.45) is 0 Å². The number of ketones is 1. The molecule has 1 heterocycles. The maximum absolute atomic E-state index is 12.0. The topological polar surface area (TPSA) is 81.9 Å². The van der Waals surface area contributed by atoms with Crippen LogP contribution in [-0.4, -0.2) is 42.5 Å².